The van der Waals surface area contributed by atoms with Crippen LogP contribution >= 0.6 is 11.3 Å². The highest BCUT2D eigenvalue weighted by molar-refractivity contribution is 7.09. The maximum atomic E-state index is 12.2. The van der Waals surface area contributed by atoms with Crippen LogP contribution in [0.1, 0.15) is 30.7 Å². The van der Waals surface area contributed by atoms with Crippen LogP contribution in [0.4, 0.5) is 0 Å². The van der Waals surface area contributed by atoms with Crippen molar-refractivity contribution in [2.24, 2.45) is 0 Å². The zero-order valence-corrected chi connectivity index (χ0v) is 16.6. The lowest BCUT2D eigenvalue weighted by molar-refractivity contribution is -0.123. The molecule has 1 aromatic carbocycles. The fourth-order valence-corrected chi connectivity index (χ4v) is 4.81. The predicted molar refractivity (Wildman–Crippen MR) is 110 cm³/mol. The maximum absolute atomic E-state index is 12.2. The van der Waals surface area contributed by atoms with Crippen molar-refractivity contribution in [1.82, 2.24) is 20.1 Å². The molecule has 1 N–H and O–H groups in total. The number of nitrogens with one attached hydrogen (secondary N) is 1. The van der Waals surface area contributed by atoms with Crippen LogP contribution < -0.4 is 5.32 Å². The van der Waals surface area contributed by atoms with E-state index in [9.17, 15) is 4.79 Å². The van der Waals surface area contributed by atoms with Crippen LogP contribution in [0.5, 0.6) is 0 Å². The molecule has 1 aliphatic heterocycles. The van der Waals surface area contributed by atoms with Crippen LogP contribution in [0.15, 0.2) is 35.7 Å². The minimum atomic E-state index is 0.197. The number of benzene rings is 1. The smallest absolute Gasteiger partial charge is 0.234 e. The van der Waals surface area contributed by atoms with Gasteiger partial charge in [0.05, 0.1) is 18.8 Å². The van der Waals surface area contributed by atoms with Crippen molar-refractivity contribution in [1.29, 1.82) is 0 Å². The highest BCUT2D eigenvalue weighted by Gasteiger charge is 2.22. The number of carbonyl (C=O) groups is 1. The van der Waals surface area contributed by atoms with E-state index in [1.54, 1.807) is 11.3 Å². The third kappa shape index (κ3) is 5.15. The average Bonchev–Trinajstić information content (AvgIpc) is 3.36. The van der Waals surface area contributed by atoms with E-state index in [4.69, 9.17) is 4.98 Å². The first-order valence-corrected chi connectivity index (χ1v) is 10.9. The fourth-order valence-electron chi connectivity index (χ4n) is 3.97. The van der Waals surface area contributed by atoms with Crippen molar-refractivity contribution < 1.29 is 4.79 Å². The quantitative estimate of drug-likeness (QED) is 0.832. The van der Waals surface area contributed by atoms with Crippen LogP contribution in [0, 0.1) is 0 Å². The van der Waals surface area contributed by atoms with Crippen LogP contribution in [0.2, 0.25) is 0 Å². The molecule has 2 aliphatic rings. The van der Waals surface area contributed by atoms with E-state index in [0.29, 0.717) is 12.6 Å². The molecule has 0 atom stereocenters. The number of amides is 1. The van der Waals surface area contributed by atoms with Gasteiger partial charge in [0.25, 0.3) is 0 Å². The van der Waals surface area contributed by atoms with Gasteiger partial charge in [-0.1, -0.05) is 43.2 Å². The molecular formula is C21H28N4OS. The van der Waals surface area contributed by atoms with Crippen LogP contribution in [-0.2, 0) is 11.3 Å². The summed E-state index contributed by atoms with van der Waals surface area (Å²) in [5.41, 5.74) is 2.25. The molecule has 0 unspecified atom stereocenters. The molecular weight excluding hydrogens is 356 g/mol. The molecule has 4 rings (SSSR count). The molecule has 0 bridgehead atoms. The number of thiazole rings is 1. The Labute approximate surface area is 165 Å². The molecule has 2 heterocycles. The SMILES string of the molecule is O=C(CN1CCN(Cc2nc(-c3ccccc3)cs2)CC1)NC1CCCC1. The van der Waals surface area contributed by atoms with Gasteiger partial charge in [0.2, 0.25) is 5.91 Å². The van der Waals surface area contributed by atoms with E-state index in [-0.39, 0.29) is 5.91 Å². The second-order valence-corrected chi connectivity index (χ2v) is 8.54. The zero-order chi connectivity index (χ0) is 18.5. The lowest BCUT2D eigenvalue weighted by Gasteiger charge is -2.34. The van der Waals surface area contributed by atoms with E-state index >= 15 is 0 Å². The average molecular weight is 385 g/mol. The monoisotopic (exact) mass is 384 g/mol. The Morgan fingerprint density at radius 1 is 1.07 bits per heavy atom. The van der Waals surface area contributed by atoms with E-state index in [0.717, 1.165) is 51.3 Å². The van der Waals surface area contributed by atoms with Crippen LogP contribution in [0.25, 0.3) is 11.3 Å². The van der Waals surface area contributed by atoms with Gasteiger partial charge in [0.15, 0.2) is 0 Å². The number of hydrogen-bond donors (Lipinski definition) is 1. The zero-order valence-electron chi connectivity index (χ0n) is 15.8. The highest BCUT2D eigenvalue weighted by atomic mass is 32.1. The molecule has 2 fully saturated rings. The maximum Gasteiger partial charge on any atom is 0.234 e. The Bertz CT molecular complexity index is 734. The van der Waals surface area contributed by atoms with Gasteiger partial charge in [0, 0.05) is 43.2 Å². The Morgan fingerprint density at radius 3 is 2.52 bits per heavy atom. The van der Waals surface area contributed by atoms with Gasteiger partial charge in [-0.05, 0) is 12.8 Å². The number of piperazine rings is 1. The summed E-state index contributed by atoms with van der Waals surface area (Å²) in [4.78, 5) is 21.7. The number of nitrogens with zero attached hydrogens (tertiary/aromatic N) is 3. The van der Waals surface area contributed by atoms with Crippen LogP contribution in [-0.4, -0.2) is 59.5 Å². The van der Waals surface area contributed by atoms with Gasteiger partial charge in [0.1, 0.15) is 5.01 Å². The van der Waals surface area contributed by atoms with Gasteiger partial charge >= 0.3 is 0 Å². The molecule has 0 radical (unpaired) electrons. The second kappa shape index (κ2) is 8.95. The third-order valence-electron chi connectivity index (χ3n) is 5.53. The molecule has 1 saturated heterocycles. The molecule has 1 aromatic heterocycles. The van der Waals surface area contributed by atoms with Crippen molar-refractivity contribution in [2.45, 2.75) is 38.3 Å². The van der Waals surface area contributed by atoms with Gasteiger partial charge in [-0.2, -0.15) is 0 Å². The molecule has 1 saturated carbocycles. The Balaban J connectivity index is 1.21. The second-order valence-electron chi connectivity index (χ2n) is 7.59. The standard InChI is InChI=1S/C21H28N4OS/c26-20(22-18-8-4-5-9-18)14-24-10-12-25(13-11-24)15-21-23-19(16-27-21)17-6-2-1-3-7-17/h1-3,6-7,16,18H,4-5,8-15H2,(H,22,26). The summed E-state index contributed by atoms with van der Waals surface area (Å²) in [6.45, 7) is 5.34. The van der Waals surface area contributed by atoms with E-state index in [1.165, 1.54) is 23.4 Å². The van der Waals surface area contributed by atoms with E-state index < -0.39 is 0 Å². The topological polar surface area (TPSA) is 48.5 Å². The minimum absolute atomic E-state index is 0.197. The molecule has 1 aliphatic carbocycles. The largest absolute Gasteiger partial charge is 0.352 e. The van der Waals surface area contributed by atoms with Gasteiger partial charge < -0.3 is 5.32 Å². The Kier molecular flexibility index (Phi) is 6.17. The summed E-state index contributed by atoms with van der Waals surface area (Å²) in [6, 6.07) is 10.8. The number of carbonyl (C=O) groups excluding carboxylic acids is 1. The minimum Gasteiger partial charge on any atom is -0.352 e. The first-order valence-electron chi connectivity index (χ1n) is 10.0. The first kappa shape index (κ1) is 18.6. The summed E-state index contributed by atoms with van der Waals surface area (Å²) in [7, 11) is 0. The molecule has 1 amide bonds. The number of rotatable bonds is 6. The number of aromatic nitrogens is 1. The predicted octanol–water partition coefficient (Wildman–Crippen LogP) is 2.99. The molecule has 144 valence electrons. The fraction of sp³-hybridized carbons (Fsp3) is 0.524. The van der Waals surface area contributed by atoms with Gasteiger partial charge in [-0.3, -0.25) is 14.6 Å². The van der Waals surface area contributed by atoms with Crippen molar-refractivity contribution in [3.8, 4) is 11.3 Å². The van der Waals surface area contributed by atoms with Crippen molar-refractivity contribution >= 4 is 17.2 Å². The van der Waals surface area contributed by atoms with Crippen molar-refractivity contribution in [2.75, 3.05) is 32.7 Å². The summed E-state index contributed by atoms with van der Waals surface area (Å²) >= 11 is 1.74. The molecule has 27 heavy (non-hydrogen) atoms. The lowest BCUT2D eigenvalue weighted by Crippen LogP contribution is -2.50. The summed E-state index contributed by atoms with van der Waals surface area (Å²) in [5, 5.41) is 6.51. The van der Waals surface area contributed by atoms with E-state index in [1.807, 2.05) is 6.07 Å². The molecule has 6 heteroatoms. The summed E-state index contributed by atoms with van der Waals surface area (Å²) in [5.74, 6) is 0.197. The highest BCUT2D eigenvalue weighted by Crippen LogP contribution is 2.22. The molecule has 5 nitrogen and oxygen atoms in total. The van der Waals surface area contributed by atoms with Crippen molar-refractivity contribution in [3.05, 3.63) is 40.7 Å². The molecule has 0 spiro atoms. The third-order valence-corrected chi connectivity index (χ3v) is 6.37. The van der Waals surface area contributed by atoms with E-state index in [2.05, 4.69) is 44.8 Å². The van der Waals surface area contributed by atoms with Gasteiger partial charge in [-0.25, -0.2) is 4.98 Å². The number of hydrogen-bond acceptors (Lipinski definition) is 5. The Hall–Kier alpha value is -1.76. The normalized spacial score (nSPS) is 19.4. The first-order chi connectivity index (χ1) is 13.3. The van der Waals surface area contributed by atoms with Crippen molar-refractivity contribution in [3.63, 3.8) is 0 Å². The van der Waals surface area contributed by atoms with Gasteiger partial charge in [-0.15, -0.1) is 11.3 Å². The molecule has 2 aromatic rings. The lowest BCUT2D eigenvalue weighted by atomic mass is 10.2. The summed E-state index contributed by atoms with van der Waals surface area (Å²) < 4.78 is 0. The van der Waals surface area contributed by atoms with Crippen LogP contribution in [0.3, 0.4) is 0 Å². The Morgan fingerprint density at radius 2 is 1.78 bits per heavy atom. The summed E-state index contributed by atoms with van der Waals surface area (Å²) in [6.07, 6.45) is 4.81.